The van der Waals surface area contributed by atoms with Crippen molar-refractivity contribution in [2.24, 2.45) is 0 Å². The van der Waals surface area contributed by atoms with Gasteiger partial charge in [-0.05, 0) is 30.3 Å². The van der Waals surface area contributed by atoms with Crippen molar-refractivity contribution >= 4 is 11.8 Å². The summed E-state index contributed by atoms with van der Waals surface area (Å²) < 4.78 is 10.8. The van der Waals surface area contributed by atoms with Crippen molar-refractivity contribution in [3.8, 4) is 11.5 Å². The van der Waals surface area contributed by atoms with Crippen molar-refractivity contribution in [1.82, 2.24) is 15.8 Å². The Balaban J connectivity index is 1.64. The van der Waals surface area contributed by atoms with E-state index in [2.05, 4.69) is 15.8 Å². The van der Waals surface area contributed by atoms with Gasteiger partial charge in [0.2, 0.25) is 0 Å². The fourth-order valence-corrected chi connectivity index (χ4v) is 1.94. The first-order valence-electron chi connectivity index (χ1n) is 6.64. The topological polar surface area (TPSA) is 89.6 Å². The summed E-state index contributed by atoms with van der Waals surface area (Å²) in [5, 5.41) is 0. The van der Waals surface area contributed by atoms with Gasteiger partial charge in [-0.15, -0.1) is 0 Å². The van der Waals surface area contributed by atoms with Crippen LogP contribution in [0.5, 0.6) is 11.5 Å². The van der Waals surface area contributed by atoms with Crippen LogP contribution in [0.2, 0.25) is 0 Å². The Kier molecular flexibility index (Phi) is 3.86. The highest BCUT2D eigenvalue weighted by atomic mass is 16.6. The van der Waals surface area contributed by atoms with Gasteiger partial charge in [-0.25, -0.2) is 0 Å². The van der Waals surface area contributed by atoms with Crippen LogP contribution in [-0.2, 0) is 0 Å². The molecule has 1 aromatic carbocycles. The number of fused-ring (bicyclic) bond motifs is 1. The van der Waals surface area contributed by atoms with Crippen LogP contribution in [0, 0.1) is 0 Å². The van der Waals surface area contributed by atoms with E-state index in [0.717, 1.165) is 0 Å². The third-order valence-corrected chi connectivity index (χ3v) is 3.02. The van der Waals surface area contributed by atoms with Crippen molar-refractivity contribution in [1.29, 1.82) is 0 Å². The molecule has 0 radical (unpaired) electrons. The summed E-state index contributed by atoms with van der Waals surface area (Å²) in [7, 11) is 0. The van der Waals surface area contributed by atoms with E-state index in [1.807, 2.05) is 0 Å². The normalized spacial score (nSPS) is 12.4. The van der Waals surface area contributed by atoms with Crippen molar-refractivity contribution in [3.05, 3.63) is 53.9 Å². The van der Waals surface area contributed by atoms with E-state index in [9.17, 15) is 9.59 Å². The first-order chi connectivity index (χ1) is 10.7. The van der Waals surface area contributed by atoms with Gasteiger partial charge in [0.15, 0.2) is 11.5 Å². The number of hydrogen-bond acceptors (Lipinski definition) is 5. The fourth-order valence-electron chi connectivity index (χ4n) is 1.94. The summed E-state index contributed by atoms with van der Waals surface area (Å²) in [4.78, 5) is 27.7. The van der Waals surface area contributed by atoms with Gasteiger partial charge in [0.25, 0.3) is 11.8 Å². The molecule has 0 bridgehead atoms. The molecule has 2 heterocycles. The lowest BCUT2D eigenvalue weighted by atomic mass is 10.2. The zero-order valence-electron chi connectivity index (χ0n) is 11.5. The number of amides is 2. The molecule has 0 aliphatic carbocycles. The maximum atomic E-state index is 12.0. The smallest absolute Gasteiger partial charge is 0.271 e. The second kappa shape index (κ2) is 6.13. The maximum Gasteiger partial charge on any atom is 0.271 e. The van der Waals surface area contributed by atoms with Crippen LogP contribution in [-0.4, -0.2) is 30.0 Å². The Morgan fingerprint density at radius 1 is 0.955 bits per heavy atom. The Morgan fingerprint density at radius 3 is 2.41 bits per heavy atom. The first-order valence-corrected chi connectivity index (χ1v) is 6.64. The quantitative estimate of drug-likeness (QED) is 0.805. The Labute approximate surface area is 126 Å². The molecular formula is C15H13N3O4. The lowest BCUT2D eigenvalue weighted by molar-refractivity contribution is 0.0846. The van der Waals surface area contributed by atoms with E-state index in [0.29, 0.717) is 35.8 Å². The van der Waals surface area contributed by atoms with Gasteiger partial charge in [-0.2, -0.15) is 0 Å². The molecule has 0 saturated carbocycles. The number of benzene rings is 1. The molecule has 22 heavy (non-hydrogen) atoms. The molecule has 2 amide bonds. The average Bonchev–Trinajstić information content (AvgIpc) is 2.59. The van der Waals surface area contributed by atoms with Crippen LogP contribution in [0.1, 0.15) is 20.7 Å². The zero-order chi connectivity index (χ0) is 15.4. The average molecular weight is 299 g/mol. The molecule has 0 fully saturated rings. The standard InChI is InChI=1S/C15H13N3O4/c19-14(17-18-15(20)11-2-1-5-16-9-11)10-3-4-12-13(8-10)22-7-6-21-12/h1-5,8-9H,6-7H2,(H,17,19)(H,18,20). The lowest BCUT2D eigenvalue weighted by Crippen LogP contribution is -2.41. The predicted octanol–water partition coefficient (Wildman–Crippen LogP) is 0.928. The zero-order valence-corrected chi connectivity index (χ0v) is 11.5. The van der Waals surface area contributed by atoms with Gasteiger partial charge in [-0.1, -0.05) is 0 Å². The van der Waals surface area contributed by atoms with Crippen molar-refractivity contribution in [3.63, 3.8) is 0 Å². The predicted molar refractivity (Wildman–Crippen MR) is 76.6 cm³/mol. The molecule has 7 heteroatoms. The van der Waals surface area contributed by atoms with Crippen molar-refractivity contribution in [2.75, 3.05) is 13.2 Å². The summed E-state index contributed by atoms with van der Waals surface area (Å²) in [6, 6.07) is 8.06. The van der Waals surface area contributed by atoms with Crippen LogP contribution in [0.4, 0.5) is 0 Å². The first kappa shape index (κ1) is 13.9. The number of ether oxygens (including phenoxy) is 2. The maximum absolute atomic E-state index is 12.0. The summed E-state index contributed by atoms with van der Waals surface area (Å²) >= 11 is 0. The van der Waals surface area contributed by atoms with Crippen LogP contribution in [0.3, 0.4) is 0 Å². The SMILES string of the molecule is O=C(NNC(=O)c1ccc2c(c1)OCCO2)c1cccnc1. The fraction of sp³-hybridized carbons (Fsp3) is 0.133. The highest BCUT2D eigenvalue weighted by Crippen LogP contribution is 2.30. The molecule has 0 saturated heterocycles. The summed E-state index contributed by atoms with van der Waals surface area (Å²) in [6.45, 7) is 0.926. The van der Waals surface area contributed by atoms with Gasteiger partial charge in [-0.3, -0.25) is 25.4 Å². The second-order valence-electron chi connectivity index (χ2n) is 4.51. The number of carbonyl (C=O) groups excluding carboxylic acids is 2. The third-order valence-electron chi connectivity index (χ3n) is 3.02. The number of hydrazine groups is 1. The molecule has 7 nitrogen and oxygen atoms in total. The molecule has 1 aromatic heterocycles. The molecule has 0 spiro atoms. The van der Waals surface area contributed by atoms with Crippen LogP contribution in [0.25, 0.3) is 0 Å². The largest absolute Gasteiger partial charge is 0.486 e. The minimum absolute atomic E-state index is 0.352. The molecule has 2 N–H and O–H groups in total. The highest BCUT2D eigenvalue weighted by Gasteiger charge is 2.15. The Hall–Kier alpha value is -3.09. The van der Waals surface area contributed by atoms with Gasteiger partial charge in [0, 0.05) is 18.0 Å². The van der Waals surface area contributed by atoms with Crippen molar-refractivity contribution < 1.29 is 19.1 Å². The molecule has 2 aromatic rings. The number of nitrogens with one attached hydrogen (secondary N) is 2. The highest BCUT2D eigenvalue weighted by molar-refractivity contribution is 5.99. The molecule has 0 unspecified atom stereocenters. The monoisotopic (exact) mass is 299 g/mol. The third kappa shape index (κ3) is 2.98. The number of pyridine rings is 1. The van der Waals surface area contributed by atoms with E-state index in [4.69, 9.17) is 9.47 Å². The molecular weight excluding hydrogens is 286 g/mol. The second-order valence-corrected chi connectivity index (χ2v) is 4.51. The van der Waals surface area contributed by atoms with Gasteiger partial charge in [0.05, 0.1) is 5.56 Å². The summed E-state index contributed by atoms with van der Waals surface area (Å²) in [5.74, 6) is 0.216. The summed E-state index contributed by atoms with van der Waals surface area (Å²) in [6.07, 6.45) is 2.97. The van der Waals surface area contributed by atoms with Crippen molar-refractivity contribution in [2.45, 2.75) is 0 Å². The molecule has 1 aliphatic heterocycles. The number of rotatable bonds is 2. The van der Waals surface area contributed by atoms with Crippen LogP contribution in [0.15, 0.2) is 42.7 Å². The van der Waals surface area contributed by atoms with Crippen LogP contribution >= 0.6 is 0 Å². The van der Waals surface area contributed by atoms with Gasteiger partial charge >= 0.3 is 0 Å². The number of nitrogens with zero attached hydrogens (tertiary/aromatic N) is 1. The minimum Gasteiger partial charge on any atom is -0.486 e. The Morgan fingerprint density at radius 2 is 1.68 bits per heavy atom. The molecule has 0 atom stereocenters. The lowest BCUT2D eigenvalue weighted by Gasteiger charge is -2.18. The number of aromatic nitrogens is 1. The molecule has 112 valence electrons. The van der Waals surface area contributed by atoms with E-state index in [-0.39, 0.29) is 0 Å². The van der Waals surface area contributed by atoms with E-state index >= 15 is 0 Å². The van der Waals surface area contributed by atoms with E-state index in [1.54, 1.807) is 36.5 Å². The number of hydrogen-bond donors (Lipinski definition) is 2. The van der Waals surface area contributed by atoms with Crippen LogP contribution < -0.4 is 20.3 Å². The molecule has 1 aliphatic rings. The molecule has 3 rings (SSSR count). The minimum atomic E-state index is -0.450. The van der Waals surface area contributed by atoms with Gasteiger partial charge < -0.3 is 9.47 Å². The van der Waals surface area contributed by atoms with E-state index < -0.39 is 11.8 Å². The number of carbonyl (C=O) groups is 2. The summed E-state index contributed by atoms with van der Waals surface area (Å²) in [5.41, 5.74) is 5.38. The van der Waals surface area contributed by atoms with E-state index in [1.165, 1.54) is 6.20 Å². The van der Waals surface area contributed by atoms with Gasteiger partial charge in [0.1, 0.15) is 13.2 Å². The Bertz CT molecular complexity index is 703.